The molecule has 2 amide bonds. The molecule has 1 saturated heterocycles. The van der Waals surface area contributed by atoms with Crippen molar-refractivity contribution in [2.75, 3.05) is 44.3 Å². The first-order valence-electron chi connectivity index (χ1n) is 9.51. The fraction of sp³-hybridized carbons (Fsp3) is 0.400. The lowest BCUT2D eigenvalue weighted by Gasteiger charge is -2.32. The molecule has 0 aliphatic carbocycles. The highest BCUT2D eigenvalue weighted by Gasteiger charge is 2.18. The van der Waals surface area contributed by atoms with Gasteiger partial charge in [-0.15, -0.1) is 22.0 Å². The van der Waals surface area contributed by atoms with Crippen molar-refractivity contribution < 1.29 is 14.0 Å². The Morgan fingerprint density at radius 3 is 2.45 bits per heavy atom. The molecule has 0 saturated carbocycles. The first kappa shape index (κ1) is 21.2. The largest absolute Gasteiger partial charge is 0.340 e. The van der Waals surface area contributed by atoms with Gasteiger partial charge in [0.1, 0.15) is 10.8 Å². The number of nitrogens with one attached hydrogen (secondary N) is 1. The normalized spacial score (nSPS) is 14.6. The summed E-state index contributed by atoms with van der Waals surface area (Å²) in [5.74, 6) is 0.544. The van der Waals surface area contributed by atoms with Crippen molar-refractivity contribution in [3.05, 3.63) is 47.8 Å². The van der Waals surface area contributed by atoms with Gasteiger partial charge in [-0.1, -0.05) is 0 Å². The van der Waals surface area contributed by atoms with Crippen LogP contribution >= 0.6 is 11.8 Å². The van der Waals surface area contributed by atoms with Crippen LogP contribution in [0.5, 0.6) is 0 Å². The van der Waals surface area contributed by atoms with E-state index in [0.717, 1.165) is 43.4 Å². The molecule has 29 heavy (non-hydrogen) atoms. The van der Waals surface area contributed by atoms with Gasteiger partial charge >= 0.3 is 0 Å². The molecule has 1 aliphatic rings. The summed E-state index contributed by atoms with van der Waals surface area (Å²) in [7, 11) is 2.07. The van der Waals surface area contributed by atoms with E-state index in [1.807, 2.05) is 4.90 Å². The highest BCUT2D eigenvalue weighted by atomic mass is 32.2. The van der Waals surface area contributed by atoms with E-state index in [-0.39, 0.29) is 11.8 Å². The molecule has 0 bridgehead atoms. The lowest BCUT2D eigenvalue weighted by molar-refractivity contribution is -0.132. The van der Waals surface area contributed by atoms with Crippen molar-refractivity contribution in [1.29, 1.82) is 0 Å². The molecule has 0 spiro atoms. The number of hydrogen-bond acceptors (Lipinski definition) is 6. The Balaban J connectivity index is 1.38. The Bertz CT molecular complexity index is 824. The van der Waals surface area contributed by atoms with E-state index >= 15 is 0 Å². The number of benzene rings is 1. The average molecular weight is 418 g/mol. The third kappa shape index (κ3) is 6.50. The monoisotopic (exact) mass is 417 g/mol. The van der Waals surface area contributed by atoms with Crippen molar-refractivity contribution in [3.63, 3.8) is 0 Å². The number of nitrogens with zero attached hydrogens (tertiary/aromatic N) is 4. The van der Waals surface area contributed by atoms with Gasteiger partial charge in [0.15, 0.2) is 5.82 Å². The maximum Gasteiger partial charge on any atom is 0.256 e. The van der Waals surface area contributed by atoms with E-state index in [9.17, 15) is 14.0 Å². The summed E-state index contributed by atoms with van der Waals surface area (Å²) in [5.41, 5.74) is 0.344. The number of carbonyl (C=O) groups is 2. The van der Waals surface area contributed by atoms with Gasteiger partial charge in [0.05, 0.1) is 0 Å². The van der Waals surface area contributed by atoms with Crippen LogP contribution in [0.15, 0.2) is 41.4 Å². The first-order chi connectivity index (χ1) is 14.0. The van der Waals surface area contributed by atoms with Crippen molar-refractivity contribution in [1.82, 2.24) is 20.0 Å². The summed E-state index contributed by atoms with van der Waals surface area (Å²) in [5, 5.41) is 11.5. The third-order valence-electron chi connectivity index (χ3n) is 4.63. The minimum atomic E-state index is -0.395. The molecule has 2 aromatic rings. The predicted molar refractivity (Wildman–Crippen MR) is 110 cm³/mol. The topological polar surface area (TPSA) is 78.4 Å². The molecule has 0 unspecified atom stereocenters. The maximum absolute atomic E-state index is 12.9. The minimum Gasteiger partial charge on any atom is -0.340 e. The summed E-state index contributed by atoms with van der Waals surface area (Å²) in [6.07, 6.45) is 1.32. The van der Waals surface area contributed by atoms with Crippen molar-refractivity contribution >= 4 is 29.4 Å². The molecule has 0 radical (unpaired) electrons. The number of piperazine rings is 1. The lowest BCUT2D eigenvalue weighted by Crippen LogP contribution is -2.47. The van der Waals surface area contributed by atoms with Gasteiger partial charge in [-0.25, -0.2) is 4.39 Å². The Kier molecular flexibility index (Phi) is 7.54. The lowest BCUT2D eigenvalue weighted by atomic mass is 10.2. The van der Waals surface area contributed by atoms with E-state index in [4.69, 9.17) is 0 Å². The minimum absolute atomic E-state index is 0.212. The van der Waals surface area contributed by atoms with Gasteiger partial charge in [0.2, 0.25) is 5.91 Å². The van der Waals surface area contributed by atoms with Gasteiger partial charge in [-0.05, 0) is 49.9 Å². The van der Waals surface area contributed by atoms with Crippen molar-refractivity contribution in [2.45, 2.75) is 17.9 Å². The molecule has 1 aromatic carbocycles. The Labute approximate surface area is 173 Å². The molecule has 2 heterocycles. The standard InChI is InChI=1S/C20H24FN5O2S/c1-25-10-12-26(13-11-25)19(27)3-2-14-29-18-9-8-17(23-24-18)22-20(28)15-4-6-16(21)7-5-15/h4-9H,2-3,10-14H2,1H3,(H,22,23,28). The fourth-order valence-electron chi connectivity index (χ4n) is 2.87. The molecule has 154 valence electrons. The van der Waals surface area contributed by atoms with Crippen LogP contribution in [-0.4, -0.2) is 70.8 Å². The summed E-state index contributed by atoms with van der Waals surface area (Å²) in [6, 6.07) is 8.73. The summed E-state index contributed by atoms with van der Waals surface area (Å²) >= 11 is 1.53. The zero-order valence-electron chi connectivity index (χ0n) is 16.3. The van der Waals surface area contributed by atoms with Crippen LogP contribution in [0.1, 0.15) is 23.2 Å². The number of halogens is 1. The predicted octanol–water partition coefficient (Wildman–Crippen LogP) is 2.51. The molecule has 0 atom stereocenters. The smallest absolute Gasteiger partial charge is 0.256 e. The Hall–Kier alpha value is -2.52. The van der Waals surface area contributed by atoms with Crippen LogP contribution in [0.4, 0.5) is 10.2 Å². The second-order valence-corrected chi connectivity index (χ2v) is 7.97. The molecule has 3 rings (SSSR count). The fourth-order valence-corrected chi connectivity index (χ4v) is 3.63. The van der Waals surface area contributed by atoms with Gasteiger partial charge in [0.25, 0.3) is 5.91 Å². The average Bonchev–Trinajstić information content (AvgIpc) is 2.73. The zero-order valence-corrected chi connectivity index (χ0v) is 17.1. The number of hydrogen-bond donors (Lipinski definition) is 1. The zero-order chi connectivity index (χ0) is 20.6. The van der Waals surface area contributed by atoms with Gasteiger partial charge < -0.3 is 15.1 Å². The van der Waals surface area contributed by atoms with E-state index in [1.54, 1.807) is 12.1 Å². The molecular weight excluding hydrogens is 393 g/mol. The number of carbonyl (C=O) groups excluding carboxylic acids is 2. The number of likely N-dealkylation sites (N-methyl/N-ethyl adjacent to an activating group) is 1. The second kappa shape index (κ2) is 10.3. The molecule has 7 nitrogen and oxygen atoms in total. The van der Waals surface area contributed by atoms with Crippen LogP contribution in [0.2, 0.25) is 0 Å². The van der Waals surface area contributed by atoms with E-state index in [2.05, 4.69) is 27.5 Å². The Morgan fingerprint density at radius 1 is 1.07 bits per heavy atom. The molecule has 1 fully saturated rings. The van der Waals surface area contributed by atoms with Crippen LogP contribution in [-0.2, 0) is 4.79 Å². The van der Waals surface area contributed by atoms with Gasteiger partial charge in [0, 0.05) is 43.9 Å². The summed E-state index contributed by atoms with van der Waals surface area (Å²) < 4.78 is 12.9. The van der Waals surface area contributed by atoms with Crippen molar-refractivity contribution in [3.8, 4) is 0 Å². The summed E-state index contributed by atoms with van der Waals surface area (Å²) in [6.45, 7) is 3.47. The van der Waals surface area contributed by atoms with Gasteiger partial charge in [-0.2, -0.15) is 0 Å². The SMILES string of the molecule is CN1CCN(C(=O)CCCSc2ccc(NC(=O)c3ccc(F)cc3)nn2)CC1. The summed E-state index contributed by atoms with van der Waals surface area (Å²) in [4.78, 5) is 28.5. The Morgan fingerprint density at radius 2 is 1.79 bits per heavy atom. The first-order valence-corrected chi connectivity index (χ1v) is 10.5. The van der Waals surface area contributed by atoms with Crippen LogP contribution in [0.3, 0.4) is 0 Å². The van der Waals surface area contributed by atoms with E-state index in [1.165, 1.54) is 36.0 Å². The number of thioether (sulfide) groups is 1. The molecule has 1 N–H and O–H groups in total. The highest BCUT2D eigenvalue weighted by Crippen LogP contribution is 2.18. The third-order valence-corrected chi connectivity index (χ3v) is 5.64. The van der Waals surface area contributed by atoms with E-state index < -0.39 is 5.82 Å². The van der Waals surface area contributed by atoms with Crippen LogP contribution in [0, 0.1) is 5.82 Å². The van der Waals surface area contributed by atoms with E-state index in [0.29, 0.717) is 17.8 Å². The highest BCUT2D eigenvalue weighted by molar-refractivity contribution is 7.99. The second-order valence-electron chi connectivity index (χ2n) is 6.85. The van der Waals surface area contributed by atoms with Crippen LogP contribution < -0.4 is 5.32 Å². The molecule has 9 heteroatoms. The van der Waals surface area contributed by atoms with Crippen LogP contribution in [0.25, 0.3) is 0 Å². The quantitative estimate of drug-likeness (QED) is 0.551. The molecule has 1 aliphatic heterocycles. The number of anilines is 1. The number of rotatable bonds is 7. The molecular formula is C20H24FN5O2S. The van der Waals surface area contributed by atoms with Crippen molar-refractivity contribution in [2.24, 2.45) is 0 Å². The molecule has 1 aromatic heterocycles. The number of aromatic nitrogens is 2. The number of amides is 2. The maximum atomic E-state index is 12.9. The van der Waals surface area contributed by atoms with Gasteiger partial charge in [-0.3, -0.25) is 9.59 Å².